The second-order valence-corrected chi connectivity index (χ2v) is 6.77. The lowest BCUT2D eigenvalue weighted by Gasteiger charge is -2.36. The topological polar surface area (TPSA) is 37.8 Å². The summed E-state index contributed by atoms with van der Waals surface area (Å²) in [5, 5.41) is 0.940. The van der Waals surface area contributed by atoms with Crippen molar-refractivity contribution in [1.29, 1.82) is 0 Å². The average molecular weight is 345 g/mol. The molecule has 4 rings (SSSR count). The Morgan fingerprint density at radius 2 is 2.04 bits per heavy atom. The van der Waals surface area contributed by atoms with Gasteiger partial charge in [-0.2, -0.15) is 0 Å². The van der Waals surface area contributed by atoms with E-state index in [9.17, 15) is 4.39 Å². The van der Waals surface area contributed by atoms with Gasteiger partial charge in [0.05, 0.1) is 25.8 Å². The molecule has 1 aromatic heterocycles. The van der Waals surface area contributed by atoms with Crippen molar-refractivity contribution in [2.75, 3.05) is 44.9 Å². The zero-order valence-corrected chi connectivity index (χ0v) is 14.7. The summed E-state index contributed by atoms with van der Waals surface area (Å²) >= 11 is 0. The van der Waals surface area contributed by atoms with E-state index in [2.05, 4.69) is 21.7 Å². The Hall–Kier alpha value is -1.92. The fraction of sp³-hybridized carbons (Fsp3) is 0.526. The third kappa shape index (κ3) is 2.93. The zero-order valence-electron chi connectivity index (χ0n) is 14.7. The molecule has 0 unspecified atom stereocenters. The highest BCUT2D eigenvalue weighted by molar-refractivity contribution is 5.93. The van der Waals surface area contributed by atoms with E-state index in [0.29, 0.717) is 17.6 Å². The first-order chi connectivity index (χ1) is 12.2. The Balaban J connectivity index is 1.67. The van der Waals surface area contributed by atoms with Crippen LogP contribution in [-0.4, -0.2) is 61.9 Å². The number of rotatable bonds is 3. The molecular weight excluding hydrogens is 321 g/mol. The molecule has 2 aliphatic rings. The van der Waals surface area contributed by atoms with E-state index < -0.39 is 0 Å². The van der Waals surface area contributed by atoms with Crippen LogP contribution in [-0.2, 0) is 4.74 Å². The van der Waals surface area contributed by atoms with Gasteiger partial charge < -0.3 is 14.4 Å². The number of hydrogen-bond donors (Lipinski definition) is 0. The van der Waals surface area contributed by atoms with Crippen molar-refractivity contribution in [1.82, 2.24) is 9.88 Å². The smallest absolute Gasteiger partial charge is 0.167 e. The summed E-state index contributed by atoms with van der Waals surface area (Å²) in [6, 6.07) is 6.16. The van der Waals surface area contributed by atoms with E-state index in [1.165, 1.54) is 13.2 Å². The van der Waals surface area contributed by atoms with Crippen LogP contribution in [0.3, 0.4) is 0 Å². The van der Waals surface area contributed by atoms with Crippen LogP contribution in [0.2, 0.25) is 0 Å². The van der Waals surface area contributed by atoms with Crippen molar-refractivity contribution >= 4 is 16.6 Å². The molecule has 0 N–H and O–H groups in total. The van der Waals surface area contributed by atoms with Gasteiger partial charge in [0, 0.05) is 55.1 Å². The lowest BCUT2D eigenvalue weighted by molar-refractivity contribution is 0.0159. The maximum Gasteiger partial charge on any atom is 0.167 e. The number of nitrogens with zero attached hydrogens (tertiary/aromatic N) is 3. The number of methoxy groups -OCH3 is 1. The monoisotopic (exact) mass is 345 g/mol. The molecule has 2 atom stereocenters. The van der Waals surface area contributed by atoms with Crippen LogP contribution < -0.4 is 9.64 Å². The fourth-order valence-corrected chi connectivity index (χ4v) is 4.20. The summed E-state index contributed by atoms with van der Waals surface area (Å²) in [5.41, 5.74) is 1.77. The molecule has 5 nitrogen and oxygen atoms in total. The number of benzene rings is 1. The van der Waals surface area contributed by atoms with Crippen molar-refractivity contribution in [2.24, 2.45) is 0 Å². The van der Waals surface area contributed by atoms with E-state index >= 15 is 0 Å². The summed E-state index contributed by atoms with van der Waals surface area (Å²) in [7, 11) is 1.49. The highest BCUT2D eigenvalue weighted by atomic mass is 19.1. The highest BCUT2D eigenvalue weighted by Gasteiger charge is 2.36. The molecular formula is C19H24FN3O2. The van der Waals surface area contributed by atoms with E-state index in [1.807, 2.05) is 6.07 Å². The van der Waals surface area contributed by atoms with Crippen LogP contribution in [0.15, 0.2) is 24.4 Å². The molecule has 0 bridgehead atoms. The Morgan fingerprint density at radius 1 is 1.24 bits per heavy atom. The number of fused-ring (bicyclic) bond motifs is 1. The van der Waals surface area contributed by atoms with Gasteiger partial charge in [-0.05, 0) is 25.5 Å². The third-order valence-corrected chi connectivity index (χ3v) is 5.53. The van der Waals surface area contributed by atoms with Crippen LogP contribution in [0.4, 0.5) is 10.1 Å². The summed E-state index contributed by atoms with van der Waals surface area (Å²) in [6.45, 7) is 6.90. The Labute approximate surface area is 147 Å². The highest BCUT2D eigenvalue weighted by Crippen LogP contribution is 2.35. The molecule has 3 heterocycles. The lowest BCUT2D eigenvalue weighted by atomic mass is 10.1. The molecule has 0 spiro atoms. The molecule has 2 saturated heterocycles. The summed E-state index contributed by atoms with van der Waals surface area (Å²) < 4.78 is 24.7. The molecule has 2 aromatic rings. The molecule has 0 radical (unpaired) electrons. The van der Waals surface area contributed by atoms with Gasteiger partial charge >= 0.3 is 0 Å². The summed E-state index contributed by atoms with van der Waals surface area (Å²) in [5.74, 6) is -0.112. The molecule has 6 heteroatoms. The minimum Gasteiger partial charge on any atom is -0.494 e. The van der Waals surface area contributed by atoms with Gasteiger partial charge in [0.2, 0.25) is 0 Å². The van der Waals surface area contributed by atoms with E-state index in [1.54, 1.807) is 12.3 Å². The van der Waals surface area contributed by atoms with Crippen molar-refractivity contribution in [3.63, 3.8) is 0 Å². The van der Waals surface area contributed by atoms with E-state index in [-0.39, 0.29) is 11.6 Å². The Bertz CT molecular complexity index is 764. The summed E-state index contributed by atoms with van der Waals surface area (Å²) in [4.78, 5) is 9.29. The number of anilines is 1. The number of morpholine rings is 1. The third-order valence-electron chi connectivity index (χ3n) is 5.53. The maximum absolute atomic E-state index is 14.0. The van der Waals surface area contributed by atoms with Crippen molar-refractivity contribution in [3.8, 4) is 5.75 Å². The number of ether oxygens (including phenoxy) is 2. The minimum atomic E-state index is -0.375. The van der Waals surface area contributed by atoms with Gasteiger partial charge in [-0.3, -0.25) is 9.88 Å². The second kappa shape index (κ2) is 6.77. The van der Waals surface area contributed by atoms with E-state index in [4.69, 9.17) is 9.47 Å². The molecule has 25 heavy (non-hydrogen) atoms. The molecule has 2 aliphatic heterocycles. The zero-order chi connectivity index (χ0) is 17.4. The van der Waals surface area contributed by atoms with Gasteiger partial charge in [0.15, 0.2) is 11.6 Å². The fourth-order valence-electron chi connectivity index (χ4n) is 4.20. The van der Waals surface area contributed by atoms with Crippen LogP contribution in [0.25, 0.3) is 10.9 Å². The summed E-state index contributed by atoms with van der Waals surface area (Å²) in [6.07, 6.45) is 2.89. The van der Waals surface area contributed by atoms with Crippen LogP contribution >= 0.6 is 0 Å². The van der Waals surface area contributed by atoms with Crippen molar-refractivity contribution < 1.29 is 13.9 Å². The number of aromatic nitrogens is 1. The molecule has 134 valence electrons. The lowest BCUT2D eigenvalue weighted by Crippen LogP contribution is -2.48. The Morgan fingerprint density at radius 3 is 2.80 bits per heavy atom. The maximum atomic E-state index is 14.0. The predicted molar refractivity (Wildman–Crippen MR) is 95.9 cm³/mol. The first kappa shape index (κ1) is 16.5. The standard InChI is InChI=1S/C19H24FN3O2/c1-13-17(22-7-9-25-10-8-22)4-6-23(13)18-3-5-21-16-12-15(20)19(24-2)11-14(16)18/h3,5,11-13,17H,4,6-10H2,1-2H3/t13-,17-/m1/s1. The van der Waals surface area contributed by atoms with Crippen molar-refractivity contribution in [3.05, 3.63) is 30.2 Å². The number of pyridine rings is 1. The van der Waals surface area contributed by atoms with Crippen molar-refractivity contribution in [2.45, 2.75) is 25.4 Å². The molecule has 0 amide bonds. The molecule has 1 aromatic carbocycles. The molecule has 2 fully saturated rings. The van der Waals surface area contributed by atoms with Gasteiger partial charge in [0.25, 0.3) is 0 Å². The number of halogens is 1. The van der Waals surface area contributed by atoms with Gasteiger partial charge in [0.1, 0.15) is 0 Å². The first-order valence-electron chi connectivity index (χ1n) is 8.89. The van der Waals surface area contributed by atoms with Crippen LogP contribution in [0.1, 0.15) is 13.3 Å². The second-order valence-electron chi connectivity index (χ2n) is 6.77. The van der Waals surface area contributed by atoms with Crippen LogP contribution in [0.5, 0.6) is 5.75 Å². The Kier molecular flexibility index (Phi) is 4.48. The SMILES string of the molecule is COc1cc2c(N3CC[C@@H](N4CCOCC4)[C@H]3C)ccnc2cc1F. The van der Waals surface area contributed by atoms with Crippen LogP contribution in [0, 0.1) is 5.82 Å². The van der Waals surface area contributed by atoms with Gasteiger partial charge in [-0.25, -0.2) is 4.39 Å². The van der Waals surface area contributed by atoms with E-state index in [0.717, 1.165) is 50.3 Å². The normalized spacial score (nSPS) is 24.8. The molecule has 0 saturated carbocycles. The number of hydrogen-bond acceptors (Lipinski definition) is 5. The molecule has 0 aliphatic carbocycles. The predicted octanol–water partition coefficient (Wildman–Crippen LogP) is 2.68. The van der Waals surface area contributed by atoms with Gasteiger partial charge in [-0.1, -0.05) is 0 Å². The van der Waals surface area contributed by atoms with Gasteiger partial charge in [-0.15, -0.1) is 0 Å². The largest absolute Gasteiger partial charge is 0.494 e. The first-order valence-corrected chi connectivity index (χ1v) is 8.89. The quantitative estimate of drug-likeness (QED) is 0.855. The minimum absolute atomic E-state index is 0.262. The average Bonchev–Trinajstić information content (AvgIpc) is 3.02.